The number of hydrogen-bond donors (Lipinski definition) is 0. The monoisotopic (exact) mass is 227 g/mol. The molecule has 0 unspecified atom stereocenters. The van der Waals surface area contributed by atoms with Gasteiger partial charge in [-0.2, -0.15) is 0 Å². The van der Waals surface area contributed by atoms with E-state index in [1.54, 1.807) is 5.38 Å². The smallest absolute Gasteiger partial charge is 0.357 e. The van der Waals surface area contributed by atoms with Crippen LogP contribution in [0.5, 0.6) is 0 Å². The molecule has 1 aromatic heterocycles. The van der Waals surface area contributed by atoms with Crippen LogP contribution in [0, 0.1) is 6.92 Å². The summed E-state index contributed by atoms with van der Waals surface area (Å²) >= 11 is 1.45. The van der Waals surface area contributed by atoms with E-state index in [0.29, 0.717) is 12.3 Å². The van der Waals surface area contributed by atoms with Gasteiger partial charge in [0, 0.05) is 12.0 Å². The highest BCUT2D eigenvalue weighted by Gasteiger charge is 2.18. The summed E-state index contributed by atoms with van der Waals surface area (Å²) in [5, 5.41) is 2.59. The minimum absolute atomic E-state index is 0.0775. The van der Waals surface area contributed by atoms with Crippen molar-refractivity contribution in [3.8, 4) is 0 Å². The fraction of sp³-hybridized carbons (Fsp3) is 0.600. The maximum absolute atomic E-state index is 11.5. The summed E-state index contributed by atoms with van der Waals surface area (Å²) in [6.45, 7) is 2.98. The second kappa shape index (κ2) is 4.72. The quantitative estimate of drug-likeness (QED) is 0.739. The van der Waals surface area contributed by atoms with E-state index in [-0.39, 0.29) is 12.1 Å². The summed E-state index contributed by atoms with van der Waals surface area (Å²) in [5.41, 5.74) is 0.399. The number of nitrogens with zero attached hydrogens (tertiary/aromatic N) is 1. The van der Waals surface area contributed by atoms with Crippen molar-refractivity contribution in [1.29, 1.82) is 0 Å². The van der Waals surface area contributed by atoms with Crippen molar-refractivity contribution in [2.24, 2.45) is 0 Å². The van der Waals surface area contributed by atoms with Crippen LogP contribution < -0.4 is 0 Å². The molecule has 1 atom stereocenters. The Morgan fingerprint density at radius 2 is 2.67 bits per heavy atom. The first-order chi connectivity index (χ1) is 7.25. The minimum atomic E-state index is -0.352. The number of thiazole rings is 1. The Balaban J connectivity index is 1.81. The van der Waals surface area contributed by atoms with Crippen molar-refractivity contribution in [3.05, 3.63) is 16.1 Å². The van der Waals surface area contributed by atoms with Crippen molar-refractivity contribution in [2.45, 2.75) is 25.9 Å². The topological polar surface area (TPSA) is 48.4 Å². The molecule has 15 heavy (non-hydrogen) atoms. The zero-order valence-electron chi connectivity index (χ0n) is 8.56. The molecule has 82 valence electrons. The Hall–Kier alpha value is -0.940. The average Bonchev–Trinajstić information content (AvgIpc) is 2.84. The third kappa shape index (κ3) is 2.76. The van der Waals surface area contributed by atoms with E-state index in [1.165, 1.54) is 11.3 Å². The maximum Gasteiger partial charge on any atom is 0.357 e. The Morgan fingerprint density at radius 1 is 1.80 bits per heavy atom. The molecule has 0 spiro atoms. The molecule has 5 heteroatoms. The van der Waals surface area contributed by atoms with Crippen LogP contribution in [0.2, 0.25) is 0 Å². The lowest BCUT2D eigenvalue weighted by atomic mass is 10.2. The molecule has 1 aromatic rings. The summed E-state index contributed by atoms with van der Waals surface area (Å²) in [6, 6.07) is 0. The predicted molar refractivity (Wildman–Crippen MR) is 56.1 cm³/mol. The van der Waals surface area contributed by atoms with Crippen LogP contribution in [0.25, 0.3) is 0 Å². The first-order valence-corrected chi connectivity index (χ1v) is 5.84. The van der Waals surface area contributed by atoms with E-state index >= 15 is 0 Å². The summed E-state index contributed by atoms with van der Waals surface area (Å²) in [7, 11) is 0. The van der Waals surface area contributed by atoms with E-state index < -0.39 is 0 Å². The molecule has 1 aliphatic rings. The van der Waals surface area contributed by atoms with Gasteiger partial charge in [0.25, 0.3) is 0 Å². The second-order valence-corrected chi connectivity index (χ2v) is 4.55. The van der Waals surface area contributed by atoms with Gasteiger partial charge in [-0.15, -0.1) is 11.3 Å². The van der Waals surface area contributed by atoms with Gasteiger partial charge in [0.1, 0.15) is 6.61 Å². The number of carbonyl (C=O) groups is 1. The molecule has 1 aliphatic heterocycles. The van der Waals surface area contributed by atoms with Gasteiger partial charge in [0.05, 0.1) is 11.1 Å². The molecule has 2 rings (SSSR count). The summed E-state index contributed by atoms with van der Waals surface area (Å²) in [4.78, 5) is 15.5. The molecule has 0 N–H and O–H groups in total. The third-order valence-corrected chi connectivity index (χ3v) is 3.03. The van der Waals surface area contributed by atoms with E-state index in [4.69, 9.17) is 9.47 Å². The van der Waals surface area contributed by atoms with E-state index in [0.717, 1.165) is 24.5 Å². The Morgan fingerprint density at radius 3 is 3.27 bits per heavy atom. The number of aromatic nitrogens is 1. The molecule has 2 heterocycles. The molecule has 1 fully saturated rings. The van der Waals surface area contributed by atoms with Crippen molar-refractivity contribution in [2.75, 3.05) is 13.2 Å². The van der Waals surface area contributed by atoms with Gasteiger partial charge in [-0.05, 0) is 19.8 Å². The van der Waals surface area contributed by atoms with Crippen LogP contribution in [0.1, 0.15) is 28.3 Å². The summed E-state index contributed by atoms with van der Waals surface area (Å²) < 4.78 is 10.5. The lowest BCUT2D eigenvalue weighted by molar-refractivity contribution is 0.0157. The molecule has 0 bridgehead atoms. The number of rotatable bonds is 3. The molecular formula is C10H13NO3S. The van der Waals surface area contributed by atoms with Crippen LogP contribution in [0.15, 0.2) is 5.38 Å². The summed E-state index contributed by atoms with van der Waals surface area (Å²) in [6.07, 6.45) is 2.11. The Bertz CT molecular complexity index is 344. The fourth-order valence-corrected chi connectivity index (χ4v) is 2.06. The lowest BCUT2D eigenvalue weighted by Gasteiger charge is -2.08. The van der Waals surface area contributed by atoms with Crippen LogP contribution >= 0.6 is 11.3 Å². The van der Waals surface area contributed by atoms with Crippen molar-refractivity contribution >= 4 is 17.3 Å². The number of esters is 1. The largest absolute Gasteiger partial charge is 0.458 e. The Labute approximate surface area is 92.2 Å². The van der Waals surface area contributed by atoms with Crippen molar-refractivity contribution in [3.63, 3.8) is 0 Å². The van der Waals surface area contributed by atoms with Gasteiger partial charge in [0.2, 0.25) is 0 Å². The van der Waals surface area contributed by atoms with Gasteiger partial charge < -0.3 is 9.47 Å². The molecular weight excluding hydrogens is 214 g/mol. The molecule has 0 aromatic carbocycles. The minimum Gasteiger partial charge on any atom is -0.458 e. The second-order valence-electron chi connectivity index (χ2n) is 3.49. The van der Waals surface area contributed by atoms with Gasteiger partial charge in [-0.1, -0.05) is 0 Å². The van der Waals surface area contributed by atoms with E-state index in [1.807, 2.05) is 6.92 Å². The van der Waals surface area contributed by atoms with Gasteiger partial charge in [0.15, 0.2) is 5.69 Å². The molecule has 0 amide bonds. The van der Waals surface area contributed by atoms with Gasteiger partial charge in [-0.25, -0.2) is 9.78 Å². The van der Waals surface area contributed by atoms with Gasteiger partial charge in [-0.3, -0.25) is 0 Å². The highest BCUT2D eigenvalue weighted by molar-refractivity contribution is 7.09. The van der Waals surface area contributed by atoms with Crippen molar-refractivity contribution < 1.29 is 14.3 Å². The highest BCUT2D eigenvalue weighted by atomic mass is 32.1. The highest BCUT2D eigenvalue weighted by Crippen LogP contribution is 2.14. The van der Waals surface area contributed by atoms with Crippen molar-refractivity contribution in [1.82, 2.24) is 4.98 Å². The average molecular weight is 227 g/mol. The van der Waals surface area contributed by atoms with Crippen LogP contribution in [-0.2, 0) is 9.47 Å². The normalized spacial score (nSPS) is 20.5. The lowest BCUT2D eigenvalue weighted by Crippen LogP contribution is -2.18. The zero-order chi connectivity index (χ0) is 10.7. The first-order valence-electron chi connectivity index (χ1n) is 4.96. The summed E-state index contributed by atoms with van der Waals surface area (Å²) in [5.74, 6) is -0.352. The molecule has 0 aliphatic carbocycles. The zero-order valence-corrected chi connectivity index (χ0v) is 9.38. The van der Waals surface area contributed by atoms with E-state index in [2.05, 4.69) is 4.98 Å². The SMILES string of the molecule is Cc1nc(C(=O)OC[C@@H]2CCCO2)cs1. The van der Waals surface area contributed by atoms with Gasteiger partial charge >= 0.3 is 5.97 Å². The molecule has 0 saturated carbocycles. The maximum atomic E-state index is 11.5. The number of carbonyl (C=O) groups excluding carboxylic acids is 1. The first kappa shape index (κ1) is 10.6. The van der Waals surface area contributed by atoms with Crippen LogP contribution in [-0.4, -0.2) is 30.3 Å². The molecule has 1 saturated heterocycles. The fourth-order valence-electron chi connectivity index (χ4n) is 1.48. The number of hydrogen-bond acceptors (Lipinski definition) is 5. The standard InChI is InChI=1S/C10H13NO3S/c1-7-11-9(6-15-7)10(12)14-5-8-3-2-4-13-8/h6,8H,2-5H2,1H3/t8-/m0/s1. The third-order valence-electron chi connectivity index (χ3n) is 2.25. The molecule has 4 nitrogen and oxygen atoms in total. The van der Waals surface area contributed by atoms with Crippen LogP contribution in [0.3, 0.4) is 0 Å². The van der Waals surface area contributed by atoms with E-state index in [9.17, 15) is 4.79 Å². The number of aryl methyl sites for hydroxylation is 1. The van der Waals surface area contributed by atoms with Crippen LogP contribution in [0.4, 0.5) is 0 Å². The number of ether oxygens (including phenoxy) is 2. The predicted octanol–water partition coefficient (Wildman–Crippen LogP) is 1.79. The molecule has 0 radical (unpaired) electrons. The Kier molecular flexibility index (Phi) is 3.33.